The summed E-state index contributed by atoms with van der Waals surface area (Å²) in [7, 11) is 5.15. The number of piperidine rings is 1. The lowest BCUT2D eigenvalue weighted by Gasteiger charge is -2.40. The van der Waals surface area contributed by atoms with Gasteiger partial charge >= 0.3 is 0 Å². The van der Waals surface area contributed by atoms with Gasteiger partial charge in [-0.15, -0.1) is 0 Å². The van der Waals surface area contributed by atoms with Crippen molar-refractivity contribution in [2.45, 2.75) is 31.9 Å². The maximum Gasteiger partial charge on any atom is 0.249 e. The number of ether oxygens (including phenoxy) is 1. The second-order valence-corrected chi connectivity index (χ2v) is 10.4. The number of amides is 1. The lowest BCUT2D eigenvalue weighted by atomic mass is 9.73. The molecule has 1 saturated heterocycles. The van der Waals surface area contributed by atoms with E-state index in [4.69, 9.17) is 4.74 Å². The fourth-order valence-electron chi connectivity index (χ4n) is 5.27. The molecule has 1 atom stereocenters. The molecular formula is C30H32F4N4O3. The van der Waals surface area contributed by atoms with Crippen LogP contribution in [0.3, 0.4) is 0 Å². The van der Waals surface area contributed by atoms with E-state index in [9.17, 15) is 23.2 Å². The molecule has 1 fully saturated rings. The summed E-state index contributed by atoms with van der Waals surface area (Å²) < 4.78 is 61.5. The van der Waals surface area contributed by atoms with E-state index in [1.165, 1.54) is 7.11 Å². The lowest BCUT2D eigenvalue weighted by molar-refractivity contribution is -0.143. The average Bonchev–Trinajstić information content (AvgIpc) is 2.97. The molecule has 2 heterocycles. The Labute approximate surface area is 236 Å². The van der Waals surface area contributed by atoms with Gasteiger partial charge < -0.3 is 9.64 Å². The van der Waals surface area contributed by atoms with Crippen LogP contribution >= 0.6 is 0 Å². The first-order chi connectivity index (χ1) is 19.6. The third-order valence-electron chi connectivity index (χ3n) is 7.68. The highest BCUT2D eigenvalue weighted by atomic mass is 19.2. The van der Waals surface area contributed by atoms with Crippen molar-refractivity contribution in [1.29, 1.82) is 0 Å². The van der Waals surface area contributed by atoms with Crippen LogP contribution in [0.5, 0.6) is 5.75 Å². The highest BCUT2D eigenvalue weighted by molar-refractivity contribution is 5.88. The third kappa shape index (κ3) is 6.55. The van der Waals surface area contributed by atoms with Gasteiger partial charge in [0.05, 0.1) is 36.5 Å². The number of halogens is 4. The number of likely N-dealkylation sites (tertiary alicyclic amines) is 1. The number of carbonyl (C=O) groups is 1. The molecule has 0 radical (unpaired) electrons. The van der Waals surface area contributed by atoms with Crippen molar-refractivity contribution in [3.8, 4) is 17.6 Å². The van der Waals surface area contributed by atoms with Crippen LogP contribution in [0.15, 0.2) is 36.5 Å². The van der Waals surface area contributed by atoms with Crippen LogP contribution in [-0.2, 0) is 4.79 Å². The Morgan fingerprint density at radius 1 is 1.20 bits per heavy atom. The quantitative estimate of drug-likeness (QED) is 0.128. The first kappa shape index (κ1) is 30.1. The molecule has 1 aliphatic heterocycles. The molecule has 3 aromatic rings. The standard InChI is InChI=1S/C30H32F4N4O3/c1-37(2)26-18-35-25-7-6-20(41-3)17-21(25)27(26)22(31)8-9-30(29(39)36-40)10-13-38(14-11-30)12-4-5-19-15-23(32)28(34)24(33)16-19/h6-7,15-18,22,40H,8-14H2,1-3H3,(H,36,39). The van der Waals surface area contributed by atoms with E-state index in [2.05, 4.69) is 16.8 Å². The molecular weight excluding hydrogens is 540 g/mol. The van der Waals surface area contributed by atoms with Gasteiger partial charge in [-0.2, -0.15) is 0 Å². The summed E-state index contributed by atoms with van der Waals surface area (Å²) in [6.07, 6.45) is 1.12. The number of rotatable bonds is 8. The van der Waals surface area contributed by atoms with E-state index in [-0.39, 0.29) is 24.9 Å². The molecule has 218 valence electrons. The second-order valence-electron chi connectivity index (χ2n) is 10.4. The highest BCUT2D eigenvalue weighted by Crippen LogP contribution is 2.43. The van der Waals surface area contributed by atoms with Gasteiger partial charge in [0.2, 0.25) is 5.91 Å². The number of anilines is 1. The summed E-state index contributed by atoms with van der Waals surface area (Å²) in [5.74, 6) is 1.29. The second kappa shape index (κ2) is 12.7. The van der Waals surface area contributed by atoms with Crippen LogP contribution < -0.4 is 15.1 Å². The van der Waals surface area contributed by atoms with Crippen molar-refractivity contribution in [2.75, 3.05) is 45.7 Å². The zero-order valence-electron chi connectivity index (χ0n) is 23.1. The van der Waals surface area contributed by atoms with Crippen molar-refractivity contribution in [1.82, 2.24) is 15.4 Å². The summed E-state index contributed by atoms with van der Waals surface area (Å²) >= 11 is 0. The molecule has 0 spiro atoms. The average molecular weight is 573 g/mol. The summed E-state index contributed by atoms with van der Waals surface area (Å²) in [5.41, 5.74) is 2.48. The highest BCUT2D eigenvalue weighted by Gasteiger charge is 2.41. The van der Waals surface area contributed by atoms with Crippen LogP contribution in [0, 0.1) is 34.7 Å². The van der Waals surface area contributed by atoms with Crippen LogP contribution in [-0.4, -0.2) is 61.8 Å². The number of benzene rings is 2. The van der Waals surface area contributed by atoms with Crippen LogP contribution in [0.25, 0.3) is 10.9 Å². The normalized spacial score (nSPS) is 15.6. The van der Waals surface area contributed by atoms with Gasteiger partial charge in [0.15, 0.2) is 17.5 Å². The molecule has 0 aliphatic carbocycles. The van der Waals surface area contributed by atoms with Crippen LogP contribution in [0.4, 0.5) is 23.2 Å². The fraction of sp³-hybridized carbons (Fsp3) is 0.400. The number of aromatic nitrogens is 1. The number of carbonyl (C=O) groups excluding carboxylic acids is 1. The van der Waals surface area contributed by atoms with Gasteiger partial charge in [0, 0.05) is 43.7 Å². The van der Waals surface area contributed by atoms with E-state index < -0.39 is 34.9 Å². The number of alkyl halides is 1. The lowest BCUT2D eigenvalue weighted by Crippen LogP contribution is -2.48. The number of pyridine rings is 1. The Kier molecular flexibility index (Phi) is 9.35. The molecule has 0 saturated carbocycles. The minimum absolute atomic E-state index is 0.0137. The number of nitrogens with one attached hydrogen (secondary N) is 1. The predicted octanol–water partition coefficient (Wildman–Crippen LogP) is 5.16. The van der Waals surface area contributed by atoms with E-state index in [1.54, 1.807) is 34.8 Å². The number of fused-ring (bicyclic) bond motifs is 1. The van der Waals surface area contributed by atoms with Crippen molar-refractivity contribution < 1.29 is 32.3 Å². The minimum Gasteiger partial charge on any atom is -0.497 e. The van der Waals surface area contributed by atoms with E-state index in [0.29, 0.717) is 53.8 Å². The van der Waals surface area contributed by atoms with E-state index >= 15 is 4.39 Å². The van der Waals surface area contributed by atoms with Gasteiger partial charge in [-0.25, -0.2) is 23.0 Å². The van der Waals surface area contributed by atoms with Crippen LogP contribution in [0.2, 0.25) is 0 Å². The summed E-state index contributed by atoms with van der Waals surface area (Å²) in [5, 5.41) is 10.1. The maximum absolute atomic E-state index is 16.1. The van der Waals surface area contributed by atoms with E-state index in [0.717, 1.165) is 12.1 Å². The number of nitrogens with zero attached hydrogens (tertiary/aromatic N) is 3. The third-order valence-corrected chi connectivity index (χ3v) is 7.68. The Hall–Kier alpha value is -3.88. The first-order valence-electron chi connectivity index (χ1n) is 13.2. The van der Waals surface area contributed by atoms with Gasteiger partial charge in [-0.05, 0) is 56.0 Å². The molecule has 41 heavy (non-hydrogen) atoms. The summed E-state index contributed by atoms with van der Waals surface area (Å²) in [6, 6.07) is 6.94. The number of hydrogen-bond acceptors (Lipinski definition) is 6. The summed E-state index contributed by atoms with van der Waals surface area (Å²) in [6.45, 7) is 1.12. The monoisotopic (exact) mass is 572 g/mol. The molecule has 2 aromatic carbocycles. The molecule has 0 bridgehead atoms. The van der Waals surface area contributed by atoms with E-state index in [1.807, 2.05) is 19.0 Å². The Balaban J connectivity index is 1.48. The maximum atomic E-state index is 16.1. The van der Waals surface area contributed by atoms with Crippen LogP contribution in [0.1, 0.15) is 43.0 Å². The molecule has 1 amide bonds. The zero-order valence-corrected chi connectivity index (χ0v) is 23.1. The number of hydrogen-bond donors (Lipinski definition) is 2. The van der Waals surface area contributed by atoms with Gasteiger partial charge in [0.25, 0.3) is 0 Å². The van der Waals surface area contributed by atoms with Gasteiger partial charge in [0.1, 0.15) is 11.9 Å². The molecule has 11 heteroatoms. The Bertz CT molecular complexity index is 1460. The van der Waals surface area contributed by atoms with Crippen molar-refractivity contribution >= 4 is 22.5 Å². The van der Waals surface area contributed by atoms with Crippen molar-refractivity contribution in [2.24, 2.45) is 5.41 Å². The molecule has 4 rings (SSSR count). The smallest absolute Gasteiger partial charge is 0.249 e. The summed E-state index contributed by atoms with van der Waals surface area (Å²) in [4.78, 5) is 21.0. The van der Waals surface area contributed by atoms with Gasteiger partial charge in [-0.1, -0.05) is 11.8 Å². The topological polar surface area (TPSA) is 77.9 Å². The fourth-order valence-corrected chi connectivity index (χ4v) is 5.27. The molecule has 1 unspecified atom stereocenters. The molecule has 1 aromatic heterocycles. The van der Waals surface area contributed by atoms with Crippen molar-refractivity contribution in [3.63, 3.8) is 0 Å². The van der Waals surface area contributed by atoms with Gasteiger partial charge in [-0.3, -0.25) is 19.9 Å². The first-order valence-corrected chi connectivity index (χ1v) is 13.2. The molecule has 2 N–H and O–H groups in total. The van der Waals surface area contributed by atoms with Crippen molar-refractivity contribution in [3.05, 3.63) is 65.1 Å². The zero-order chi connectivity index (χ0) is 29.7. The SMILES string of the molecule is COc1ccc2ncc(N(C)C)c(C(F)CCC3(C(=O)NO)CCN(CC#Cc4cc(F)c(F)c(F)c4)CC3)c2c1. The predicted molar refractivity (Wildman–Crippen MR) is 147 cm³/mol. The minimum atomic E-state index is -1.55. The molecule has 1 aliphatic rings. The number of methoxy groups -OCH3 is 1. The largest absolute Gasteiger partial charge is 0.497 e. The Morgan fingerprint density at radius 2 is 1.88 bits per heavy atom. The Morgan fingerprint density at radius 3 is 2.49 bits per heavy atom. The molecule has 7 nitrogen and oxygen atoms in total. The number of hydroxylamine groups is 1.